The number of hydrogen-bond acceptors (Lipinski definition) is 3. The molecule has 2 aromatic heterocycles. The summed E-state index contributed by atoms with van der Waals surface area (Å²) in [4.78, 5) is 7.98. The zero-order valence-electron chi connectivity index (χ0n) is 7.05. The Bertz CT molecular complexity index is 459. The van der Waals surface area contributed by atoms with Crippen LogP contribution in [0.2, 0.25) is 0 Å². The third-order valence-corrected chi connectivity index (χ3v) is 1.75. The largest absolute Gasteiger partial charge is 0.320 e. The summed E-state index contributed by atoms with van der Waals surface area (Å²) in [7, 11) is 1.86. The first kappa shape index (κ1) is 7.55. The minimum absolute atomic E-state index is 0.342. The van der Waals surface area contributed by atoms with Crippen molar-refractivity contribution < 1.29 is 0 Å². The van der Waals surface area contributed by atoms with Gasteiger partial charge in [0.1, 0.15) is 6.07 Å². The van der Waals surface area contributed by atoms with Crippen molar-refractivity contribution in [1.82, 2.24) is 19.1 Å². The molecular weight excluding hydrogens is 166 g/mol. The van der Waals surface area contributed by atoms with Crippen molar-refractivity contribution in [3.63, 3.8) is 0 Å². The van der Waals surface area contributed by atoms with Crippen LogP contribution in [-0.2, 0) is 7.05 Å². The standard InChI is InChI=1S/C8H7N5/c1-12-4-2-11-8(12)13-5-3-10-7(13)6-9/h2-5H,1H3. The Hall–Kier alpha value is -2.09. The molecule has 64 valence electrons. The summed E-state index contributed by atoms with van der Waals surface area (Å²) in [6.45, 7) is 0. The highest BCUT2D eigenvalue weighted by Crippen LogP contribution is 2.05. The quantitative estimate of drug-likeness (QED) is 0.630. The van der Waals surface area contributed by atoms with E-state index in [2.05, 4.69) is 9.97 Å². The Kier molecular flexibility index (Phi) is 1.60. The van der Waals surface area contributed by atoms with Gasteiger partial charge in [-0.25, -0.2) is 9.97 Å². The maximum atomic E-state index is 8.73. The molecule has 0 aliphatic heterocycles. The molecule has 0 spiro atoms. The average molecular weight is 173 g/mol. The molecule has 0 amide bonds. The minimum atomic E-state index is 0.342. The summed E-state index contributed by atoms with van der Waals surface area (Å²) < 4.78 is 3.46. The number of nitrogens with zero attached hydrogens (tertiary/aromatic N) is 5. The lowest BCUT2D eigenvalue weighted by molar-refractivity contribution is 0.810. The zero-order chi connectivity index (χ0) is 9.26. The van der Waals surface area contributed by atoms with Crippen molar-refractivity contribution >= 4 is 0 Å². The van der Waals surface area contributed by atoms with Gasteiger partial charge in [0.15, 0.2) is 0 Å². The van der Waals surface area contributed by atoms with E-state index in [-0.39, 0.29) is 0 Å². The first-order valence-electron chi connectivity index (χ1n) is 3.74. The third kappa shape index (κ3) is 1.08. The molecule has 0 N–H and O–H groups in total. The van der Waals surface area contributed by atoms with E-state index in [1.54, 1.807) is 23.2 Å². The molecule has 13 heavy (non-hydrogen) atoms. The van der Waals surface area contributed by atoms with E-state index < -0.39 is 0 Å². The summed E-state index contributed by atoms with van der Waals surface area (Å²) in [5.41, 5.74) is 0. The second kappa shape index (κ2) is 2.75. The predicted octanol–water partition coefficient (Wildman–Crippen LogP) is 0.477. The maximum Gasteiger partial charge on any atom is 0.219 e. The molecule has 0 unspecified atom stereocenters. The van der Waals surface area contributed by atoms with Crippen molar-refractivity contribution in [2.24, 2.45) is 7.05 Å². The van der Waals surface area contributed by atoms with Gasteiger partial charge in [-0.15, -0.1) is 0 Å². The molecule has 0 saturated heterocycles. The van der Waals surface area contributed by atoms with E-state index in [0.717, 1.165) is 0 Å². The highest BCUT2D eigenvalue weighted by Gasteiger charge is 2.06. The van der Waals surface area contributed by atoms with Crippen LogP contribution in [0.15, 0.2) is 24.8 Å². The monoisotopic (exact) mass is 173 g/mol. The lowest BCUT2D eigenvalue weighted by Gasteiger charge is -2.01. The molecule has 5 heteroatoms. The van der Waals surface area contributed by atoms with Crippen LogP contribution in [0.5, 0.6) is 0 Å². The van der Waals surface area contributed by atoms with Crippen LogP contribution < -0.4 is 0 Å². The van der Waals surface area contributed by atoms with Gasteiger partial charge in [-0.1, -0.05) is 0 Å². The van der Waals surface area contributed by atoms with Gasteiger partial charge in [0.25, 0.3) is 0 Å². The molecule has 2 rings (SSSR count). The highest BCUT2D eigenvalue weighted by atomic mass is 15.2. The normalized spacial score (nSPS) is 9.85. The van der Waals surface area contributed by atoms with Crippen LogP contribution in [0, 0.1) is 11.3 Å². The van der Waals surface area contributed by atoms with E-state index >= 15 is 0 Å². The fourth-order valence-corrected chi connectivity index (χ4v) is 1.14. The molecular formula is C8H7N5. The van der Waals surface area contributed by atoms with Gasteiger partial charge < -0.3 is 4.57 Å². The Morgan fingerprint density at radius 1 is 1.31 bits per heavy atom. The van der Waals surface area contributed by atoms with Crippen molar-refractivity contribution in [3.05, 3.63) is 30.6 Å². The molecule has 0 saturated carbocycles. The van der Waals surface area contributed by atoms with Gasteiger partial charge in [0.2, 0.25) is 11.8 Å². The van der Waals surface area contributed by atoms with Crippen LogP contribution >= 0.6 is 0 Å². The third-order valence-electron chi connectivity index (χ3n) is 1.75. The second-order valence-electron chi connectivity index (χ2n) is 2.57. The summed E-state index contributed by atoms with van der Waals surface area (Å²) in [6, 6.07) is 1.99. The van der Waals surface area contributed by atoms with E-state index in [9.17, 15) is 0 Å². The second-order valence-corrected chi connectivity index (χ2v) is 2.57. The molecule has 0 bridgehead atoms. The zero-order valence-corrected chi connectivity index (χ0v) is 7.05. The number of nitriles is 1. The van der Waals surface area contributed by atoms with Gasteiger partial charge in [0.05, 0.1) is 0 Å². The Labute approximate surface area is 74.9 Å². The van der Waals surface area contributed by atoms with E-state index in [4.69, 9.17) is 5.26 Å². The molecule has 5 nitrogen and oxygen atoms in total. The van der Waals surface area contributed by atoms with Crippen molar-refractivity contribution in [2.45, 2.75) is 0 Å². The molecule has 0 aromatic carbocycles. The minimum Gasteiger partial charge on any atom is -0.320 e. The number of aryl methyl sites for hydroxylation is 1. The molecule has 0 aliphatic carbocycles. The van der Waals surface area contributed by atoms with Crippen LogP contribution in [0.25, 0.3) is 5.95 Å². The molecule has 0 atom stereocenters. The van der Waals surface area contributed by atoms with Crippen LogP contribution in [0.3, 0.4) is 0 Å². The molecule has 0 fully saturated rings. The van der Waals surface area contributed by atoms with Crippen LogP contribution in [-0.4, -0.2) is 19.1 Å². The number of hydrogen-bond donors (Lipinski definition) is 0. The van der Waals surface area contributed by atoms with Crippen LogP contribution in [0.1, 0.15) is 5.82 Å². The summed E-state index contributed by atoms with van der Waals surface area (Å²) in [5.74, 6) is 1.03. The van der Waals surface area contributed by atoms with Crippen molar-refractivity contribution in [1.29, 1.82) is 5.26 Å². The molecule has 0 aliphatic rings. The SMILES string of the molecule is Cn1ccnc1-n1ccnc1C#N. The van der Waals surface area contributed by atoms with Gasteiger partial charge in [-0.3, -0.25) is 4.57 Å². The molecule has 0 radical (unpaired) electrons. The number of rotatable bonds is 1. The number of imidazole rings is 2. The lowest BCUT2D eigenvalue weighted by atomic mass is 10.6. The fourth-order valence-electron chi connectivity index (χ4n) is 1.14. The van der Waals surface area contributed by atoms with Crippen molar-refractivity contribution in [3.8, 4) is 12.0 Å². The fraction of sp³-hybridized carbons (Fsp3) is 0.125. The molecule has 2 aromatic rings. The topological polar surface area (TPSA) is 59.4 Å². The first-order chi connectivity index (χ1) is 6.33. The summed E-state index contributed by atoms with van der Waals surface area (Å²) in [6.07, 6.45) is 6.78. The van der Waals surface area contributed by atoms with Gasteiger partial charge in [-0.05, 0) is 0 Å². The Morgan fingerprint density at radius 3 is 2.69 bits per heavy atom. The van der Waals surface area contributed by atoms with Crippen molar-refractivity contribution in [2.75, 3.05) is 0 Å². The van der Waals surface area contributed by atoms with E-state index in [0.29, 0.717) is 11.8 Å². The van der Waals surface area contributed by atoms with Gasteiger partial charge in [-0.2, -0.15) is 5.26 Å². The molecule has 2 heterocycles. The lowest BCUT2D eigenvalue weighted by Crippen LogP contribution is -2.03. The Balaban J connectivity index is 2.60. The average Bonchev–Trinajstić information content (AvgIpc) is 2.71. The van der Waals surface area contributed by atoms with E-state index in [1.807, 2.05) is 23.9 Å². The smallest absolute Gasteiger partial charge is 0.219 e. The van der Waals surface area contributed by atoms with Gasteiger partial charge >= 0.3 is 0 Å². The van der Waals surface area contributed by atoms with Gasteiger partial charge in [0, 0.05) is 31.8 Å². The summed E-state index contributed by atoms with van der Waals surface area (Å²) in [5, 5.41) is 8.73. The van der Waals surface area contributed by atoms with E-state index in [1.165, 1.54) is 0 Å². The predicted molar refractivity (Wildman–Crippen MR) is 45.0 cm³/mol. The Morgan fingerprint density at radius 2 is 2.08 bits per heavy atom. The number of aromatic nitrogens is 4. The summed E-state index contributed by atoms with van der Waals surface area (Å²) >= 11 is 0. The highest BCUT2D eigenvalue weighted by molar-refractivity contribution is 5.23. The maximum absolute atomic E-state index is 8.73. The van der Waals surface area contributed by atoms with Crippen LogP contribution in [0.4, 0.5) is 0 Å². The first-order valence-corrected chi connectivity index (χ1v) is 3.74.